The summed E-state index contributed by atoms with van der Waals surface area (Å²) in [6.45, 7) is 1.79. The smallest absolute Gasteiger partial charge is 0.380 e. The second-order valence-corrected chi connectivity index (χ2v) is 9.29. The minimum Gasteiger partial charge on any atom is -0.380 e. The molecule has 6 nitrogen and oxygen atoms in total. The van der Waals surface area contributed by atoms with Gasteiger partial charge in [-0.3, -0.25) is 0 Å². The first kappa shape index (κ1) is 19.5. The van der Waals surface area contributed by atoms with Crippen LogP contribution in [0.4, 0.5) is 13.2 Å². The van der Waals surface area contributed by atoms with E-state index in [9.17, 15) is 30.0 Å². The molecule has 1 aromatic heterocycles. The van der Waals surface area contributed by atoms with Crippen molar-refractivity contribution >= 4 is 26.2 Å². The normalized spacial score (nSPS) is 15.2. The molecule has 0 atom stereocenters. The summed E-state index contributed by atoms with van der Waals surface area (Å²) in [5.41, 5.74) is -4.09. The third-order valence-corrected chi connectivity index (χ3v) is 6.70. The quantitative estimate of drug-likeness (QED) is 0.559. The summed E-state index contributed by atoms with van der Waals surface area (Å²) in [4.78, 5) is -0.00384. The number of allylic oxidation sites excluding steroid dienone is 1. The highest BCUT2D eigenvalue weighted by Crippen LogP contribution is 2.33. The van der Waals surface area contributed by atoms with Gasteiger partial charge in [0, 0.05) is 18.7 Å². The van der Waals surface area contributed by atoms with Gasteiger partial charge in [0.05, 0.1) is 10.6 Å². The molecule has 1 aliphatic rings. The second-order valence-electron chi connectivity index (χ2n) is 5.93. The summed E-state index contributed by atoms with van der Waals surface area (Å²) in [6.07, 6.45) is 2.33. The summed E-state index contributed by atoms with van der Waals surface area (Å²) in [6, 6.07) is 7.57. The van der Waals surface area contributed by atoms with E-state index in [0.717, 1.165) is 15.6 Å². The van der Waals surface area contributed by atoms with E-state index < -0.39 is 31.4 Å². The number of rotatable bonds is 4. The van der Waals surface area contributed by atoms with Gasteiger partial charge in [-0.25, -0.2) is 12.4 Å². The third-order valence-electron chi connectivity index (χ3n) is 3.99. The standard InChI is InChI=1S/C16H14F3NO5S2/c1-11-2-6-14(7-3-11)26(21,22)20-9-8-12-4-5-13(10-15(12)20)25-27(23,24)16(17,18)19/h2-3,6-10H,4-5H2,1H3. The molecule has 0 fully saturated rings. The van der Waals surface area contributed by atoms with E-state index in [1.807, 2.05) is 0 Å². The Balaban J connectivity index is 2.02. The number of aryl methyl sites for hydroxylation is 2. The zero-order valence-corrected chi connectivity index (χ0v) is 15.5. The van der Waals surface area contributed by atoms with E-state index in [4.69, 9.17) is 0 Å². The number of halogens is 3. The lowest BCUT2D eigenvalue weighted by molar-refractivity contribution is -0.0522. The zero-order valence-electron chi connectivity index (χ0n) is 13.9. The third kappa shape index (κ3) is 3.61. The fraction of sp³-hybridized carbons (Fsp3) is 0.250. The van der Waals surface area contributed by atoms with E-state index in [1.54, 1.807) is 19.1 Å². The highest BCUT2D eigenvalue weighted by molar-refractivity contribution is 7.90. The topological polar surface area (TPSA) is 82.4 Å². The number of aromatic nitrogens is 1. The fourth-order valence-corrected chi connectivity index (χ4v) is 4.47. The summed E-state index contributed by atoms with van der Waals surface area (Å²) >= 11 is 0. The number of nitrogens with zero attached hydrogens (tertiary/aromatic N) is 1. The fourth-order valence-electron chi connectivity index (χ4n) is 2.60. The van der Waals surface area contributed by atoms with E-state index in [0.29, 0.717) is 5.56 Å². The van der Waals surface area contributed by atoms with Crippen molar-refractivity contribution < 1.29 is 34.2 Å². The number of fused-ring (bicyclic) bond motifs is 1. The first-order chi connectivity index (χ1) is 12.4. The maximum atomic E-state index is 12.8. The van der Waals surface area contributed by atoms with Crippen LogP contribution in [0.25, 0.3) is 6.08 Å². The minimum absolute atomic E-state index is 0.00384. The summed E-state index contributed by atoms with van der Waals surface area (Å²) in [7, 11) is -9.82. The Morgan fingerprint density at radius 3 is 2.22 bits per heavy atom. The lowest BCUT2D eigenvalue weighted by Gasteiger charge is -2.17. The van der Waals surface area contributed by atoms with Gasteiger partial charge >= 0.3 is 15.6 Å². The van der Waals surface area contributed by atoms with Gasteiger partial charge in [-0.15, -0.1) is 0 Å². The molecule has 0 spiro atoms. The number of hydrogen-bond acceptors (Lipinski definition) is 5. The Kier molecular flexibility index (Phi) is 4.63. The van der Waals surface area contributed by atoms with Gasteiger partial charge in [0.2, 0.25) is 0 Å². The number of benzene rings is 1. The lowest BCUT2D eigenvalue weighted by Crippen LogP contribution is -2.26. The van der Waals surface area contributed by atoms with Crippen molar-refractivity contribution in [2.45, 2.75) is 30.2 Å². The molecule has 0 saturated carbocycles. The van der Waals surface area contributed by atoms with Crippen LogP contribution in [0.1, 0.15) is 23.2 Å². The SMILES string of the molecule is Cc1ccc(S(=O)(=O)n2ccc3c2C=C(OS(=O)(=O)C(F)(F)F)CC3)cc1. The van der Waals surface area contributed by atoms with Gasteiger partial charge in [-0.2, -0.15) is 21.6 Å². The molecule has 11 heteroatoms. The van der Waals surface area contributed by atoms with E-state index in [-0.39, 0.29) is 23.4 Å². The maximum absolute atomic E-state index is 12.8. The average Bonchev–Trinajstić information content (AvgIpc) is 2.97. The molecule has 0 radical (unpaired) electrons. The van der Waals surface area contributed by atoms with Crippen molar-refractivity contribution in [3.63, 3.8) is 0 Å². The first-order valence-corrected chi connectivity index (χ1v) is 10.5. The molecule has 27 heavy (non-hydrogen) atoms. The first-order valence-electron chi connectivity index (χ1n) is 7.65. The minimum atomic E-state index is -5.82. The number of alkyl halides is 3. The Labute approximate surface area is 154 Å². The Morgan fingerprint density at radius 2 is 1.63 bits per heavy atom. The zero-order chi connectivity index (χ0) is 20.0. The van der Waals surface area contributed by atoms with Crippen LogP contribution in [0.15, 0.2) is 47.2 Å². The highest BCUT2D eigenvalue weighted by Gasteiger charge is 2.49. The maximum Gasteiger partial charge on any atom is 0.534 e. The van der Waals surface area contributed by atoms with Crippen molar-refractivity contribution in [2.75, 3.05) is 0 Å². The Bertz CT molecular complexity index is 1110. The van der Waals surface area contributed by atoms with Gasteiger partial charge < -0.3 is 4.18 Å². The molecule has 0 saturated heterocycles. The van der Waals surface area contributed by atoms with Crippen LogP contribution in [0, 0.1) is 6.92 Å². The molecule has 0 amide bonds. The van der Waals surface area contributed by atoms with Crippen molar-refractivity contribution in [3.05, 3.63) is 59.1 Å². The average molecular weight is 421 g/mol. The molecule has 0 aliphatic heterocycles. The molecule has 0 bridgehead atoms. The molecule has 3 rings (SSSR count). The molecular formula is C16H14F3NO5S2. The predicted octanol–water partition coefficient (Wildman–Crippen LogP) is 3.19. The van der Waals surface area contributed by atoms with E-state index in [1.165, 1.54) is 24.4 Å². The summed E-state index contributed by atoms with van der Waals surface area (Å²) in [5, 5.41) is 0. The van der Waals surface area contributed by atoms with Crippen LogP contribution in [-0.4, -0.2) is 26.3 Å². The van der Waals surface area contributed by atoms with E-state index in [2.05, 4.69) is 4.18 Å². The van der Waals surface area contributed by atoms with Crippen molar-refractivity contribution in [2.24, 2.45) is 0 Å². The molecule has 1 aliphatic carbocycles. The molecular weight excluding hydrogens is 407 g/mol. The van der Waals surface area contributed by atoms with Gasteiger partial charge in [-0.1, -0.05) is 17.7 Å². The Morgan fingerprint density at radius 1 is 1.00 bits per heavy atom. The largest absolute Gasteiger partial charge is 0.534 e. The second kappa shape index (κ2) is 6.41. The van der Waals surface area contributed by atoms with Crippen molar-refractivity contribution in [3.8, 4) is 0 Å². The summed E-state index contributed by atoms with van der Waals surface area (Å²) < 4.78 is 90.6. The van der Waals surface area contributed by atoms with Crippen molar-refractivity contribution in [1.82, 2.24) is 3.97 Å². The lowest BCUT2D eigenvalue weighted by atomic mass is 10.0. The molecule has 0 unspecified atom stereocenters. The van der Waals surface area contributed by atoms with Gasteiger partial charge in [0.15, 0.2) is 0 Å². The van der Waals surface area contributed by atoms with Gasteiger partial charge in [-0.05, 0) is 37.1 Å². The highest BCUT2D eigenvalue weighted by atomic mass is 32.2. The van der Waals surface area contributed by atoms with Crippen LogP contribution < -0.4 is 0 Å². The molecule has 0 N–H and O–H groups in total. The van der Waals surface area contributed by atoms with Crippen LogP contribution >= 0.6 is 0 Å². The van der Waals surface area contributed by atoms with Crippen LogP contribution in [0.2, 0.25) is 0 Å². The van der Waals surface area contributed by atoms with Gasteiger partial charge in [0.1, 0.15) is 5.76 Å². The molecule has 1 heterocycles. The monoisotopic (exact) mass is 421 g/mol. The number of hydrogen-bond donors (Lipinski definition) is 0. The van der Waals surface area contributed by atoms with Crippen LogP contribution in [-0.2, 0) is 30.7 Å². The van der Waals surface area contributed by atoms with Crippen molar-refractivity contribution in [1.29, 1.82) is 0 Å². The van der Waals surface area contributed by atoms with Crippen LogP contribution in [0.5, 0.6) is 0 Å². The Hall–Kier alpha value is -2.27. The predicted molar refractivity (Wildman–Crippen MR) is 90.6 cm³/mol. The molecule has 146 valence electrons. The molecule has 2 aromatic rings. The van der Waals surface area contributed by atoms with Gasteiger partial charge in [0.25, 0.3) is 10.0 Å². The molecule has 1 aromatic carbocycles. The summed E-state index contributed by atoms with van der Waals surface area (Å²) in [5.74, 6) is -0.473. The van der Waals surface area contributed by atoms with E-state index >= 15 is 0 Å². The van der Waals surface area contributed by atoms with Crippen LogP contribution in [0.3, 0.4) is 0 Å².